The van der Waals surface area contributed by atoms with Gasteiger partial charge in [0.2, 0.25) is 0 Å². The summed E-state index contributed by atoms with van der Waals surface area (Å²) < 4.78 is 5.22. The molecule has 2 amide bonds. The number of hydrogen-bond acceptors (Lipinski definition) is 4. The molecule has 124 valence electrons. The fraction of sp³-hybridized carbons (Fsp3) is 0.278. The molecular formula is C18H19N3O3. The standard InChI is InChI=1S/C18H19N3O3/c22-17(14-5-4-10-19-13-14)21-11-8-15(9-12-21)20-18(23)24-16-6-2-1-3-7-16/h1-7,10,13,15H,8-9,11-12H2,(H,20,23). The fourth-order valence-corrected chi connectivity index (χ4v) is 2.69. The molecule has 1 fully saturated rings. The second kappa shape index (κ2) is 7.59. The molecule has 0 unspecified atom stereocenters. The fourth-order valence-electron chi connectivity index (χ4n) is 2.69. The van der Waals surface area contributed by atoms with E-state index in [9.17, 15) is 9.59 Å². The van der Waals surface area contributed by atoms with Crippen LogP contribution < -0.4 is 10.1 Å². The zero-order valence-electron chi connectivity index (χ0n) is 13.2. The Morgan fingerprint density at radius 1 is 1.08 bits per heavy atom. The number of ether oxygens (including phenoxy) is 1. The summed E-state index contributed by atoms with van der Waals surface area (Å²) in [5, 5.41) is 2.86. The zero-order valence-corrected chi connectivity index (χ0v) is 13.2. The first kappa shape index (κ1) is 16.0. The number of hydrogen-bond donors (Lipinski definition) is 1. The first-order valence-corrected chi connectivity index (χ1v) is 7.95. The van der Waals surface area contributed by atoms with Crippen molar-refractivity contribution in [2.24, 2.45) is 0 Å². The van der Waals surface area contributed by atoms with E-state index in [4.69, 9.17) is 4.74 Å². The monoisotopic (exact) mass is 325 g/mol. The lowest BCUT2D eigenvalue weighted by Gasteiger charge is -2.32. The summed E-state index contributed by atoms with van der Waals surface area (Å²) in [5.41, 5.74) is 0.590. The number of nitrogens with one attached hydrogen (secondary N) is 1. The molecule has 1 aromatic carbocycles. The molecular weight excluding hydrogens is 306 g/mol. The molecule has 6 heteroatoms. The van der Waals surface area contributed by atoms with Gasteiger partial charge in [-0.1, -0.05) is 18.2 Å². The summed E-state index contributed by atoms with van der Waals surface area (Å²) in [5.74, 6) is 0.493. The second-order valence-corrected chi connectivity index (χ2v) is 5.66. The van der Waals surface area contributed by atoms with Crippen LogP contribution in [0.4, 0.5) is 4.79 Å². The van der Waals surface area contributed by atoms with E-state index in [2.05, 4.69) is 10.3 Å². The van der Waals surface area contributed by atoms with Crippen molar-refractivity contribution in [3.63, 3.8) is 0 Å². The van der Waals surface area contributed by atoms with Crippen LogP contribution >= 0.6 is 0 Å². The topological polar surface area (TPSA) is 71.5 Å². The molecule has 0 spiro atoms. The van der Waals surface area contributed by atoms with Crippen molar-refractivity contribution in [1.82, 2.24) is 15.2 Å². The van der Waals surface area contributed by atoms with Crippen LogP contribution in [-0.4, -0.2) is 41.0 Å². The lowest BCUT2D eigenvalue weighted by atomic mass is 10.0. The summed E-state index contributed by atoms with van der Waals surface area (Å²) in [6, 6.07) is 12.5. The molecule has 3 rings (SSSR count). The van der Waals surface area contributed by atoms with Gasteiger partial charge in [0.05, 0.1) is 5.56 Å². The molecule has 0 atom stereocenters. The van der Waals surface area contributed by atoms with E-state index < -0.39 is 6.09 Å². The van der Waals surface area contributed by atoms with Gasteiger partial charge in [-0.3, -0.25) is 9.78 Å². The smallest absolute Gasteiger partial charge is 0.410 e. The lowest BCUT2D eigenvalue weighted by Crippen LogP contribution is -2.47. The van der Waals surface area contributed by atoms with Crippen molar-refractivity contribution >= 4 is 12.0 Å². The maximum atomic E-state index is 12.3. The van der Waals surface area contributed by atoms with Gasteiger partial charge >= 0.3 is 6.09 Å². The van der Waals surface area contributed by atoms with Crippen molar-refractivity contribution in [3.05, 3.63) is 60.4 Å². The van der Waals surface area contributed by atoms with E-state index in [-0.39, 0.29) is 11.9 Å². The summed E-state index contributed by atoms with van der Waals surface area (Å²) in [7, 11) is 0. The Bertz CT molecular complexity index is 683. The molecule has 1 aromatic heterocycles. The average molecular weight is 325 g/mol. The van der Waals surface area contributed by atoms with Gasteiger partial charge in [-0.15, -0.1) is 0 Å². The zero-order chi connectivity index (χ0) is 16.8. The first-order valence-electron chi connectivity index (χ1n) is 7.95. The van der Waals surface area contributed by atoms with Gasteiger partial charge in [0, 0.05) is 31.5 Å². The molecule has 2 aromatic rings. The van der Waals surface area contributed by atoms with Crippen LogP contribution in [0.25, 0.3) is 0 Å². The van der Waals surface area contributed by atoms with Crippen molar-refractivity contribution in [2.45, 2.75) is 18.9 Å². The van der Waals surface area contributed by atoms with Gasteiger partial charge in [0.1, 0.15) is 5.75 Å². The maximum Gasteiger partial charge on any atom is 0.412 e. The Labute approximate surface area is 140 Å². The molecule has 1 saturated heterocycles. The molecule has 1 N–H and O–H groups in total. The summed E-state index contributed by atoms with van der Waals surface area (Å²) in [4.78, 5) is 30.0. The van der Waals surface area contributed by atoms with Crippen molar-refractivity contribution < 1.29 is 14.3 Å². The summed E-state index contributed by atoms with van der Waals surface area (Å²) in [6.45, 7) is 1.20. The van der Waals surface area contributed by atoms with Crippen molar-refractivity contribution in [3.8, 4) is 5.75 Å². The number of pyridine rings is 1. The van der Waals surface area contributed by atoms with Crippen LogP contribution in [0, 0.1) is 0 Å². The minimum atomic E-state index is -0.460. The molecule has 24 heavy (non-hydrogen) atoms. The Hall–Kier alpha value is -2.89. The highest BCUT2D eigenvalue weighted by molar-refractivity contribution is 5.93. The molecule has 0 saturated carbocycles. The van der Waals surface area contributed by atoms with Crippen LogP contribution in [-0.2, 0) is 0 Å². The highest BCUT2D eigenvalue weighted by atomic mass is 16.6. The van der Waals surface area contributed by atoms with Crippen LogP contribution in [0.15, 0.2) is 54.9 Å². The van der Waals surface area contributed by atoms with Crippen LogP contribution in [0.2, 0.25) is 0 Å². The minimum Gasteiger partial charge on any atom is -0.410 e. The first-order chi connectivity index (χ1) is 11.7. The van der Waals surface area contributed by atoms with Crippen LogP contribution in [0.5, 0.6) is 5.75 Å². The summed E-state index contributed by atoms with van der Waals surface area (Å²) >= 11 is 0. The second-order valence-electron chi connectivity index (χ2n) is 5.66. The molecule has 0 aliphatic carbocycles. The lowest BCUT2D eigenvalue weighted by molar-refractivity contribution is 0.0706. The Morgan fingerprint density at radius 3 is 2.50 bits per heavy atom. The van der Waals surface area contributed by atoms with E-state index in [1.807, 2.05) is 18.2 Å². The Balaban J connectivity index is 1.47. The number of para-hydroxylation sites is 1. The van der Waals surface area contributed by atoms with Crippen LogP contribution in [0.3, 0.4) is 0 Å². The van der Waals surface area contributed by atoms with E-state index in [1.165, 1.54) is 0 Å². The van der Waals surface area contributed by atoms with Gasteiger partial charge in [-0.25, -0.2) is 4.79 Å². The number of carbonyl (C=O) groups is 2. The molecule has 6 nitrogen and oxygen atoms in total. The molecule has 1 aliphatic rings. The van der Waals surface area contributed by atoms with E-state index in [0.29, 0.717) is 37.2 Å². The van der Waals surface area contributed by atoms with Gasteiger partial charge in [-0.2, -0.15) is 0 Å². The Kier molecular flexibility index (Phi) is 5.05. The van der Waals surface area contributed by atoms with Gasteiger partial charge < -0.3 is 15.0 Å². The molecule has 2 heterocycles. The quantitative estimate of drug-likeness (QED) is 0.941. The maximum absolute atomic E-state index is 12.3. The third kappa shape index (κ3) is 4.10. The number of carbonyl (C=O) groups excluding carboxylic acids is 2. The van der Waals surface area contributed by atoms with E-state index >= 15 is 0 Å². The highest BCUT2D eigenvalue weighted by Crippen LogP contribution is 2.14. The molecule has 1 aliphatic heterocycles. The summed E-state index contributed by atoms with van der Waals surface area (Å²) in [6.07, 6.45) is 4.17. The normalized spacial score (nSPS) is 14.9. The van der Waals surface area contributed by atoms with Crippen LogP contribution in [0.1, 0.15) is 23.2 Å². The average Bonchev–Trinajstić information content (AvgIpc) is 2.63. The van der Waals surface area contributed by atoms with Gasteiger partial charge in [0.25, 0.3) is 5.91 Å². The van der Waals surface area contributed by atoms with Gasteiger partial charge in [-0.05, 0) is 37.1 Å². The number of piperidine rings is 1. The van der Waals surface area contributed by atoms with Crippen molar-refractivity contribution in [2.75, 3.05) is 13.1 Å². The predicted molar refractivity (Wildman–Crippen MR) is 88.8 cm³/mol. The number of nitrogens with zero attached hydrogens (tertiary/aromatic N) is 2. The third-order valence-electron chi connectivity index (χ3n) is 3.97. The third-order valence-corrected chi connectivity index (χ3v) is 3.97. The van der Waals surface area contributed by atoms with Gasteiger partial charge in [0.15, 0.2) is 0 Å². The molecule has 0 bridgehead atoms. The minimum absolute atomic E-state index is 0.0131. The van der Waals surface area contributed by atoms with E-state index in [1.54, 1.807) is 41.6 Å². The highest BCUT2D eigenvalue weighted by Gasteiger charge is 2.25. The van der Waals surface area contributed by atoms with Crippen molar-refractivity contribution in [1.29, 1.82) is 0 Å². The largest absolute Gasteiger partial charge is 0.412 e. The number of aromatic nitrogens is 1. The number of rotatable bonds is 3. The number of benzene rings is 1. The SMILES string of the molecule is O=C(NC1CCN(C(=O)c2cccnc2)CC1)Oc1ccccc1. The number of amides is 2. The number of likely N-dealkylation sites (tertiary alicyclic amines) is 1. The van der Waals surface area contributed by atoms with E-state index in [0.717, 1.165) is 0 Å². The molecule has 0 radical (unpaired) electrons. The Morgan fingerprint density at radius 2 is 1.83 bits per heavy atom. The predicted octanol–water partition coefficient (Wildman–Crippen LogP) is 2.47.